The highest BCUT2D eigenvalue weighted by Crippen LogP contribution is 2.27. The highest BCUT2D eigenvalue weighted by Gasteiger charge is 2.18. The van der Waals surface area contributed by atoms with Crippen molar-refractivity contribution < 1.29 is 9.18 Å². The highest BCUT2D eigenvalue weighted by molar-refractivity contribution is 7.98. The summed E-state index contributed by atoms with van der Waals surface area (Å²) in [5.74, 6) is 0.262. The normalized spacial score (nSPS) is 14.1. The number of nitrogens with zero attached hydrogens (tertiary/aromatic N) is 3. The molecule has 0 aliphatic heterocycles. The number of thioether (sulfide) groups is 1. The van der Waals surface area contributed by atoms with Crippen LogP contribution in [0.5, 0.6) is 0 Å². The monoisotopic (exact) mass is 460 g/mol. The van der Waals surface area contributed by atoms with Gasteiger partial charge in [0, 0.05) is 23.6 Å². The molecule has 0 radical (unpaired) electrons. The molecule has 0 atom stereocenters. The number of hydrogen-bond donors (Lipinski definition) is 1. The molecule has 5 nitrogen and oxygen atoms in total. The number of rotatable bonds is 7. The molecule has 1 amide bonds. The van der Waals surface area contributed by atoms with Crippen LogP contribution in [0.15, 0.2) is 72.0 Å². The van der Waals surface area contributed by atoms with Gasteiger partial charge in [-0.15, -0.1) is 0 Å². The van der Waals surface area contributed by atoms with Gasteiger partial charge >= 0.3 is 0 Å². The third-order valence-electron chi connectivity index (χ3n) is 6.03. The zero-order valence-corrected chi connectivity index (χ0v) is 19.0. The number of benzene rings is 2. The fourth-order valence-corrected chi connectivity index (χ4v) is 5.22. The van der Waals surface area contributed by atoms with Gasteiger partial charge in [0.25, 0.3) is 5.91 Å². The molecule has 2 heterocycles. The summed E-state index contributed by atoms with van der Waals surface area (Å²) in [7, 11) is 0. The van der Waals surface area contributed by atoms with Gasteiger partial charge in [-0.2, -0.15) is 0 Å². The number of carbonyl (C=O) groups is 1. The number of pyridine rings is 1. The smallest absolute Gasteiger partial charge is 0.251 e. The fourth-order valence-electron chi connectivity index (χ4n) is 4.23. The van der Waals surface area contributed by atoms with Crippen molar-refractivity contribution in [2.75, 3.05) is 0 Å². The van der Waals surface area contributed by atoms with E-state index in [2.05, 4.69) is 14.9 Å². The molecule has 5 rings (SSSR count). The van der Waals surface area contributed by atoms with Crippen molar-refractivity contribution in [2.45, 2.75) is 49.2 Å². The minimum absolute atomic E-state index is 0.00988. The molecule has 7 heteroatoms. The molecule has 1 aliphatic rings. The van der Waals surface area contributed by atoms with Crippen LogP contribution in [0.3, 0.4) is 0 Å². The van der Waals surface area contributed by atoms with E-state index < -0.39 is 0 Å². The summed E-state index contributed by atoms with van der Waals surface area (Å²) in [5.41, 5.74) is 3.96. The lowest BCUT2D eigenvalue weighted by molar-refractivity contribution is 0.0938. The van der Waals surface area contributed by atoms with Crippen LogP contribution in [0, 0.1) is 5.82 Å². The lowest BCUT2D eigenvalue weighted by Gasteiger charge is -2.12. The molecule has 0 saturated heterocycles. The largest absolute Gasteiger partial charge is 0.349 e. The number of nitrogens with one attached hydrogen (secondary N) is 1. The van der Waals surface area contributed by atoms with Gasteiger partial charge in [-0.25, -0.2) is 14.4 Å². The van der Waals surface area contributed by atoms with Crippen LogP contribution < -0.4 is 5.32 Å². The maximum Gasteiger partial charge on any atom is 0.251 e. The maximum absolute atomic E-state index is 14.1. The first-order chi connectivity index (χ1) is 16.2. The average molecular weight is 461 g/mol. The molecule has 2 aromatic heterocycles. The van der Waals surface area contributed by atoms with Crippen molar-refractivity contribution in [2.24, 2.45) is 0 Å². The van der Waals surface area contributed by atoms with Gasteiger partial charge < -0.3 is 5.32 Å². The van der Waals surface area contributed by atoms with Crippen LogP contribution in [0.1, 0.15) is 47.2 Å². The molecular formula is C26H25FN4OS. The topological polar surface area (TPSA) is 59.8 Å². The van der Waals surface area contributed by atoms with E-state index in [-0.39, 0.29) is 11.7 Å². The van der Waals surface area contributed by atoms with Crippen molar-refractivity contribution in [3.63, 3.8) is 0 Å². The zero-order chi connectivity index (χ0) is 22.6. The lowest BCUT2D eigenvalue weighted by atomic mass is 10.1. The summed E-state index contributed by atoms with van der Waals surface area (Å²) < 4.78 is 16.1. The molecule has 0 spiro atoms. The van der Waals surface area contributed by atoms with Crippen LogP contribution in [0.25, 0.3) is 11.2 Å². The Morgan fingerprint density at radius 3 is 2.64 bits per heavy atom. The Morgan fingerprint density at radius 1 is 1.06 bits per heavy atom. The average Bonchev–Trinajstić information content (AvgIpc) is 3.47. The number of amides is 1. The molecule has 1 fully saturated rings. The minimum atomic E-state index is -0.211. The molecule has 1 N–H and O–H groups in total. The first kappa shape index (κ1) is 21.6. The van der Waals surface area contributed by atoms with Crippen molar-refractivity contribution in [1.82, 2.24) is 19.9 Å². The Labute approximate surface area is 196 Å². The molecule has 4 aromatic rings. The second-order valence-corrected chi connectivity index (χ2v) is 9.30. The summed E-state index contributed by atoms with van der Waals surface area (Å²) >= 11 is 1.49. The first-order valence-corrected chi connectivity index (χ1v) is 12.2. The summed E-state index contributed by atoms with van der Waals surface area (Å²) in [6.07, 6.45) is 6.26. The van der Waals surface area contributed by atoms with Crippen LogP contribution >= 0.6 is 11.8 Å². The second-order valence-electron chi connectivity index (χ2n) is 8.36. The molecule has 1 aliphatic carbocycles. The third-order valence-corrected chi connectivity index (χ3v) is 7.06. The number of carbonyl (C=O) groups excluding carboxylic acids is 1. The van der Waals surface area contributed by atoms with Gasteiger partial charge in [-0.05, 0) is 54.3 Å². The maximum atomic E-state index is 14.1. The summed E-state index contributed by atoms with van der Waals surface area (Å²) in [5, 5.41) is 3.92. The quantitative estimate of drug-likeness (QED) is 0.366. The summed E-state index contributed by atoms with van der Waals surface area (Å²) in [6, 6.07) is 18.6. The lowest BCUT2D eigenvalue weighted by Crippen LogP contribution is -2.32. The standard InChI is InChI=1S/C26H25FN4OS/c27-22-9-4-1-6-20(22)17-33-26-30-23-10-5-15-28-24(23)31(26)16-18-11-13-19(14-12-18)25(32)29-21-7-2-3-8-21/h1,4-6,9-15,21H,2-3,7-8,16-17H2,(H,29,32). The van der Waals surface area contributed by atoms with Crippen LogP contribution in [-0.2, 0) is 12.3 Å². The van der Waals surface area contributed by atoms with Crippen LogP contribution in [0.2, 0.25) is 0 Å². The second kappa shape index (κ2) is 9.75. The van der Waals surface area contributed by atoms with E-state index in [1.807, 2.05) is 42.5 Å². The number of halogens is 1. The van der Waals surface area contributed by atoms with E-state index in [1.54, 1.807) is 18.3 Å². The van der Waals surface area contributed by atoms with Gasteiger partial charge in [0.15, 0.2) is 10.8 Å². The Hall–Kier alpha value is -3.19. The molecule has 0 unspecified atom stereocenters. The van der Waals surface area contributed by atoms with Gasteiger partial charge in [-0.3, -0.25) is 9.36 Å². The third kappa shape index (κ3) is 4.93. The number of aromatic nitrogens is 3. The predicted molar refractivity (Wildman–Crippen MR) is 129 cm³/mol. The van der Waals surface area contributed by atoms with Gasteiger partial charge in [0.1, 0.15) is 11.3 Å². The first-order valence-electron chi connectivity index (χ1n) is 11.2. The van der Waals surface area contributed by atoms with E-state index in [0.717, 1.165) is 34.7 Å². The van der Waals surface area contributed by atoms with Crippen LogP contribution in [-0.4, -0.2) is 26.5 Å². The molecule has 2 aromatic carbocycles. The fraction of sp³-hybridized carbons (Fsp3) is 0.269. The molecule has 1 saturated carbocycles. The van der Waals surface area contributed by atoms with Gasteiger partial charge in [0.05, 0.1) is 6.54 Å². The molecule has 0 bridgehead atoms. The SMILES string of the molecule is O=C(NC1CCCC1)c1ccc(Cn2c(SCc3ccccc3F)nc3cccnc32)cc1. The molecular weight excluding hydrogens is 435 g/mol. The van der Waals surface area contributed by atoms with Crippen molar-refractivity contribution in [1.29, 1.82) is 0 Å². The zero-order valence-electron chi connectivity index (χ0n) is 18.2. The predicted octanol–water partition coefficient (Wildman–Crippen LogP) is 5.58. The Kier molecular flexibility index (Phi) is 6.39. The number of hydrogen-bond acceptors (Lipinski definition) is 4. The minimum Gasteiger partial charge on any atom is -0.349 e. The number of imidazole rings is 1. The van der Waals surface area contributed by atoms with Crippen molar-refractivity contribution in [3.8, 4) is 0 Å². The summed E-state index contributed by atoms with van der Waals surface area (Å²) in [4.78, 5) is 21.8. The van der Waals surface area contributed by atoms with Crippen molar-refractivity contribution in [3.05, 3.63) is 89.4 Å². The highest BCUT2D eigenvalue weighted by atomic mass is 32.2. The van der Waals surface area contributed by atoms with E-state index >= 15 is 0 Å². The summed E-state index contributed by atoms with van der Waals surface area (Å²) in [6.45, 7) is 0.567. The molecule has 168 valence electrons. The van der Waals surface area contributed by atoms with Crippen molar-refractivity contribution >= 4 is 28.8 Å². The number of fused-ring (bicyclic) bond motifs is 1. The van der Waals surface area contributed by atoms with Crippen LogP contribution in [0.4, 0.5) is 4.39 Å². The molecule has 33 heavy (non-hydrogen) atoms. The van der Waals surface area contributed by atoms with Gasteiger partial charge in [-0.1, -0.05) is 54.9 Å². The van der Waals surface area contributed by atoms with E-state index in [1.165, 1.54) is 30.7 Å². The Balaban J connectivity index is 1.35. The Morgan fingerprint density at radius 2 is 1.85 bits per heavy atom. The van der Waals surface area contributed by atoms with Gasteiger partial charge in [0.2, 0.25) is 0 Å². The van der Waals surface area contributed by atoms with E-state index in [0.29, 0.717) is 29.5 Å². The van der Waals surface area contributed by atoms with E-state index in [9.17, 15) is 9.18 Å². The van der Waals surface area contributed by atoms with E-state index in [4.69, 9.17) is 4.98 Å². The Bertz CT molecular complexity index is 1270.